The Labute approximate surface area is 170 Å². The molecule has 3 aromatic rings. The molecule has 0 N–H and O–H groups in total. The van der Waals surface area contributed by atoms with E-state index < -0.39 is 0 Å². The number of likely N-dealkylation sites (N-methyl/N-ethyl adjacent to an activating group) is 1. The highest BCUT2D eigenvalue weighted by Gasteiger charge is 2.18. The highest BCUT2D eigenvalue weighted by Crippen LogP contribution is 2.28. The summed E-state index contributed by atoms with van der Waals surface area (Å²) in [6.07, 6.45) is 3.13. The van der Waals surface area contributed by atoms with Gasteiger partial charge in [-0.15, -0.1) is 0 Å². The fourth-order valence-corrected chi connectivity index (χ4v) is 3.32. The molecule has 0 aliphatic carbocycles. The Kier molecular flexibility index (Phi) is 6.13. The average Bonchev–Trinajstić information content (AvgIpc) is 3.21. The van der Waals surface area contributed by atoms with E-state index in [2.05, 4.69) is 26.0 Å². The summed E-state index contributed by atoms with van der Waals surface area (Å²) in [7, 11) is 1.76. The summed E-state index contributed by atoms with van der Waals surface area (Å²) >= 11 is 9.29. The Bertz CT molecular complexity index is 916. The smallest absolute Gasteiger partial charge is 0.260 e. The molecule has 1 amide bonds. The molecule has 0 aliphatic rings. The molecule has 0 unspecified atom stereocenters. The van der Waals surface area contributed by atoms with Crippen LogP contribution in [0.5, 0.6) is 5.75 Å². The molecule has 0 aliphatic heterocycles. The number of hydrogen-bond donors (Lipinski definition) is 0. The van der Waals surface area contributed by atoms with E-state index in [1.54, 1.807) is 41.2 Å². The molecule has 1 atom stereocenters. The summed E-state index contributed by atoms with van der Waals surface area (Å²) < 4.78 is 8.01. The fraction of sp³-hybridized carbons (Fsp3) is 0.211. The van der Waals surface area contributed by atoms with E-state index in [1.807, 2.05) is 31.2 Å². The highest BCUT2D eigenvalue weighted by atomic mass is 79.9. The van der Waals surface area contributed by atoms with Crippen LogP contribution in [0.15, 0.2) is 59.6 Å². The molecule has 140 valence electrons. The highest BCUT2D eigenvalue weighted by molar-refractivity contribution is 9.10. The van der Waals surface area contributed by atoms with Crippen molar-refractivity contribution in [3.8, 4) is 11.4 Å². The lowest BCUT2D eigenvalue weighted by Crippen LogP contribution is -2.33. The first-order valence-corrected chi connectivity index (χ1v) is 9.41. The Morgan fingerprint density at radius 2 is 2.04 bits per heavy atom. The van der Waals surface area contributed by atoms with E-state index in [-0.39, 0.29) is 18.6 Å². The number of carbonyl (C=O) groups excluding carboxylic acids is 1. The molecule has 0 fully saturated rings. The molecule has 0 radical (unpaired) electrons. The van der Waals surface area contributed by atoms with Crippen molar-refractivity contribution >= 4 is 33.4 Å². The second-order valence-corrected chi connectivity index (χ2v) is 7.27. The van der Waals surface area contributed by atoms with Crippen molar-refractivity contribution in [1.82, 2.24) is 19.7 Å². The topological polar surface area (TPSA) is 60.2 Å². The van der Waals surface area contributed by atoms with E-state index in [0.29, 0.717) is 15.2 Å². The van der Waals surface area contributed by atoms with Gasteiger partial charge in [0.2, 0.25) is 0 Å². The Morgan fingerprint density at radius 1 is 1.30 bits per heavy atom. The van der Waals surface area contributed by atoms with Gasteiger partial charge in [0, 0.05) is 12.1 Å². The number of carbonyl (C=O) groups is 1. The van der Waals surface area contributed by atoms with Gasteiger partial charge in [-0.25, -0.2) is 9.67 Å². The third-order valence-corrected chi connectivity index (χ3v) is 5.13. The molecule has 1 aromatic heterocycles. The van der Waals surface area contributed by atoms with Crippen LogP contribution in [0.2, 0.25) is 5.02 Å². The molecule has 27 heavy (non-hydrogen) atoms. The fourth-order valence-electron chi connectivity index (χ4n) is 2.52. The van der Waals surface area contributed by atoms with Crippen LogP contribution in [0.1, 0.15) is 18.5 Å². The second kappa shape index (κ2) is 8.54. The minimum absolute atomic E-state index is 0.0574. The van der Waals surface area contributed by atoms with Gasteiger partial charge in [-0.1, -0.05) is 23.7 Å². The molecule has 0 saturated carbocycles. The number of rotatable bonds is 6. The van der Waals surface area contributed by atoms with Crippen LogP contribution in [0.4, 0.5) is 0 Å². The van der Waals surface area contributed by atoms with Gasteiger partial charge in [-0.2, -0.15) is 5.10 Å². The van der Waals surface area contributed by atoms with Gasteiger partial charge >= 0.3 is 0 Å². The predicted molar refractivity (Wildman–Crippen MR) is 107 cm³/mol. The lowest BCUT2D eigenvalue weighted by molar-refractivity contribution is -0.134. The van der Waals surface area contributed by atoms with Crippen molar-refractivity contribution in [2.45, 2.75) is 13.0 Å². The SMILES string of the molecule is C[C@H](c1ccc(-n2cncn2)cc1)N(C)C(=O)COc1ccc(Cl)cc1Br. The first-order chi connectivity index (χ1) is 13.0. The summed E-state index contributed by atoms with van der Waals surface area (Å²) in [4.78, 5) is 18.1. The van der Waals surface area contributed by atoms with Gasteiger partial charge in [0.05, 0.1) is 16.2 Å². The van der Waals surface area contributed by atoms with Gasteiger partial charge in [0.25, 0.3) is 5.91 Å². The number of halogens is 2. The van der Waals surface area contributed by atoms with E-state index in [0.717, 1.165) is 11.3 Å². The Hall–Kier alpha value is -2.38. The molecular weight excluding hydrogens is 432 g/mol. The Morgan fingerprint density at radius 3 is 2.67 bits per heavy atom. The van der Waals surface area contributed by atoms with Crippen LogP contribution < -0.4 is 4.74 Å². The van der Waals surface area contributed by atoms with Crippen molar-refractivity contribution in [3.05, 3.63) is 70.2 Å². The van der Waals surface area contributed by atoms with E-state index in [4.69, 9.17) is 16.3 Å². The number of hydrogen-bond acceptors (Lipinski definition) is 4. The molecule has 3 rings (SSSR count). The average molecular weight is 450 g/mol. The minimum Gasteiger partial charge on any atom is -0.483 e. The number of ether oxygens (including phenoxy) is 1. The number of nitrogens with zero attached hydrogens (tertiary/aromatic N) is 4. The quantitative estimate of drug-likeness (QED) is 0.563. The predicted octanol–water partition coefficient (Wildman–Crippen LogP) is 4.28. The van der Waals surface area contributed by atoms with Gasteiger partial charge in [0.15, 0.2) is 6.61 Å². The first kappa shape index (κ1) is 19.4. The molecular formula is C19H18BrClN4O2. The normalized spacial score (nSPS) is 11.9. The van der Waals surface area contributed by atoms with Crippen LogP contribution in [-0.4, -0.2) is 39.2 Å². The van der Waals surface area contributed by atoms with Crippen molar-refractivity contribution in [1.29, 1.82) is 0 Å². The molecule has 0 bridgehead atoms. The summed E-state index contributed by atoms with van der Waals surface area (Å²) in [6.45, 7) is 1.92. The summed E-state index contributed by atoms with van der Waals surface area (Å²) in [5, 5.41) is 4.70. The van der Waals surface area contributed by atoms with Crippen LogP contribution in [0, 0.1) is 0 Å². The number of amides is 1. The number of aromatic nitrogens is 3. The van der Waals surface area contributed by atoms with E-state index >= 15 is 0 Å². The Balaban J connectivity index is 1.62. The van der Waals surface area contributed by atoms with Gasteiger partial charge in [-0.05, 0) is 58.7 Å². The molecule has 6 nitrogen and oxygen atoms in total. The lowest BCUT2D eigenvalue weighted by Gasteiger charge is -2.25. The van der Waals surface area contributed by atoms with Crippen molar-refractivity contribution in [2.75, 3.05) is 13.7 Å². The summed E-state index contributed by atoms with van der Waals surface area (Å²) in [5.41, 5.74) is 1.93. The monoisotopic (exact) mass is 448 g/mol. The second-order valence-electron chi connectivity index (χ2n) is 5.98. The first-order valence-electron chi connectivity index (χ1n) is 8.24. The van der Waals surface area contributed by atoms with Crippen molar-refractivity contribution < 1.29 is 9.53 Å². The van der Waals surface area contributed by atoms with Crippen LogP contribution in [0.25, 0.3) is 5.69 Å². The third-order valence-electron chi connectivity index (χ3n) is 4.28. The molecule has 8 heteroatoms. The zero-order chi connectivity index (χ0) is 19.4. The lowest BCUT2D eigenvalue weighted by atomic mass is 10.1. The van der Waals surface area contributed by atoms with Gasteiger partial charge < -0.3 is 9.64 Å². The zero-order valence-electron chi connectivity index (χ0n) is 14.8. The molecule has 1 heterocycles. The largest absolute Gasteiger partial charge is 0.483 e. The van der Waals surface area contributed by atoms with Gasteiger partial charge in [-0.3, -0.25) is 4.79 Å². The van der Waals surface area contributed by atoms with Crippen molar-refractivity contribution in [2.24, 2.45) is 0 Å². The maximum absolute atomic E-state index is 12.5. The van der Waals surface area contributed by atoms with Crippen LogP contribution in [-0.2, 0) is 4.79 Å². The maximum atomic E-state index is 12.5. The molecule has 0 spiro atoms. The molecule has 2 aromatic carbocycles. The standard InChI is InChI=1S/C19H18BrClN4O2/c1-13(14-3-6-16(7-4-14)25-12-22-11-23-25)24(2)19(26)10-27-18-8-5-15(21)9-17(18)20/h3-9,11-13H,10H2,1-2H3/t13-/m1/s1. The van der Waals surface area contributed by atoms with Crippen LogP contribution >= 0.6 is 27.5 Å². The third kappa shape index (κ3) is 4.67. The van der Waals surface area contributed by atoms with E-state index in [1.165, 1.54) is 6.33 Å². The minimum atomic E-state index is -0.121. The summed E-state index contributed by atoms with van der Waals surface area (Å²) in [5.74, 6) is 0.454. The van der Waals surface area contributed by atoms with E-state index in [9.17, 15) is 4.79 Å². The van der Waals surface area contributed by atoms with Crippen molar-refractivity contribution in [3.63, 3.8) is 0 Å². The van der Waals surface area contributed by atoms with Gasteiger partial charge in [0.1, 0.15) is 18.4 Å². The number of benzene rings is 2. The maximum Gasteiger partial charge on any atom is 0.260 e. The van der Waals surface area contributed by atoms with Crippen LogP contribution in [0.3, 0.4) is 0 Å². The summed E-state index contributed by atoms with van der Waals surface area (Å²) in [6, 6.07) is 12.9. The molecule has 0 saturated heterocycles. The zero-order valence-corrected chi connectivity index (χ0v) is 17.2.